The van der Waals surface area contributed by atoms with Crippen LogP contribution >= 0.6 is 0 Å². The van der Waals surface area contributed by atoms with Crippen LogP contribution in [0.2, 0.25) is 0 Å². The molecule has 1 aliphatic heterocycles. The number of quaternary nitrogens is 1. The van der Waals surface area contributed by atoms with Gasteiger partial charge in [0.2, 0.25) is 0 Å². The Morgan fingerprint density at radius 3 is 2.20 bits per heavy atom. The quantitative estimate of drug-likeness (QED) is 0.870. The van der Waals surface area contributed by atoms with Crippen LogP contribution in [0.3, 0.4) is 0 Å². The average molecular weight is 275 g/mol. The van der Waals surface area contributed by atoms with Crippen molar-refractivity contribution in [2.45, 2.75) is 52.5 Å². The van der Waals surface area contributed by atoms with Gasteiger partial charge in [-0.05, 0) is 57.6 Å². The Balaban J connectivity index is 2.03. The van der Waals surface area contributed by atoms with Crippen molar-refractivity contribution in [2.75, 3.05) is 18.4 Å². The van der Waals surface area contributed by atoms with Gasteiger partial charge in [-0.25, -0.2) is 0 Å². The van der Waals surface area contributed by atoms with Crippen molar-refractivity contribution in [1.82, 2.24) is 0 Å². The Bertz CT molecular complexity index is 442. The molecule has 0 radical (unpaired) electrons. The molecule has 1 amide bonds. The lowest BCUT2D eigenvalue weighted by molar-refractivity contribution is -0.913. The summed E-state index contributed by atoms with van der Waals surface area (Å²) in [6.07, 6.45) is 5.12. The highest BCUT2D eigenvalue weighted by Crippen LogP contribution is 2.19. The molecule has 0 aromatic heterocycles. The summed E-state index contributed by atoms with van der Waals surface area (Å²) < 4.78 is 0. The molecule has 1 atom stereocenters. The Kier molecular flexibility index (Phi) is 5.18. The Morgan fingerprint density at radius 1 is 1.10 bits per heavy atom. The number of hydrogen-bond donors (Lipinski definition) is 2. The van der Waals surface area contributed by atoms with E-state index in [-0.39, 0.29) is 11.9 Å². The number of hydrogen-bond acceptors (Lipinski definition) is 1. The number of carbonyl (C=O) groups excluding carboxylic acids is 1. The molecule has 1 aromatic rings. The first kappa shape index (κ1) is 15.0. The van der Waals surface area contributed by atoms with E-state index >= 15 is 0 Å². The van der Waals surface area contributed by atoms with Crippen molar-refractivity contribution in [2.24, 2.45) is 0 Å². The van der Waals surface area contributed by atoms with Crippen molar-refractivity contribution in [3.05, 3.63) is 29.3 Å². The van der Waals surface area contributed by atoms with Crippen LogP contribution in [0.1, 0.15) is 43.7 Å². The van der Waals surface area contributed by atoms with E-state index in [9.17, 15) is 4.79 Å². The van der Waals surface area contributed by atoms with Gasteiger partial charge in [0.05, 0.1) is 13.1 Å². The van der Waals surface area contributed by atoms with Crippen molar-refractivity contribution in [3.8, 4) is 0 Å². The molecule has 0 saturated carbocycles. The molecule has 2 rings (SSSR count). The molecule has 0 aliphatic carbocycles. The Labute approximate surface area is 122 Å². The minimum atomic E-state index is 0.0344. The Hall–Kier alpha value is -1.35. The van der Waals surface area contributed by atoms with E-state index < -0.39 is 0 Å². The van der Waals surface area contributed by atoms with Gasteiger partial charge in [-0.3, -0.25) is 4.79 Å². The fourth-order valence-corrected chi connectivity index (χ4v) is 3.04. The number of amides is 1. The van der Waals surface area contributed by atoms with Gasteiger partial charge in [-0.15, -0.1) is 0 Å². The van der Waals surface area contributed by atoms with Gasteiger partial charge in [0.1, 0.15) is 0 Å². The number of benzene rings is 1. The fraction of sp³-hybridized carbons (Fsp3) is 0.588. The molecule has 1 fully saturated rings. The highest BCUT2D eigenvalue weighted by molar-refractivity contribution is 5.95. The Morgan fingerprint density at radius 2 is 1.65 bits per heavy atom. The smallest absolute Gasteiger partial charge is 0.282 e. The zero-order chi connectivity index (χ0) is 14.5. The van der Waals surface area contributed by atoms with Crippen molar-refractivity contribution in [3.63, 3.8) is 0 Å². The summed E-state index contributed by atoms with van der Waals surface area (Å²) in [5.74, 6) is 0.152. The van der Waals surface area contributed by atoms with Gasteiger partial charge >= 0.3 is 0 Å². The minimum Gasteiger partial charge on any atom is -0.325 e. The highest BCUT2D eigenvalue weighted by atomic mass is 16.2. The number of anilines is 1. The van der Waals surface area contributed by atoms with E-state index in [2.05, 4.69) is 12.2 Å². The van der Waals surface area contributed by atoms with Gasteiger partial charge in [-0.2, -0.15) is 0 Å². The van der Waals surface area contributed by atoms with Crippen molar-refractivity contribution >= 4 is 11.6 Å². The monoisotopic (exact) mass is 275 g/mol. The minimum absolute atomic E-state index is 0.0344. The molecule has 0 bridgehead atoms. The maximum absolute atomic E-state index is 12.5. The van der Waals surface area contributed by atoms with E-state index in [1.165, 1.54) is 30.6 Å². The highest BCUT2D eigenvalue weighted by Gasteiger charge is 2.26. The molecule has 0 spiro atoms. The van der Waals surface area contributed by atoms with Gasteiger partial charge in [0.15, 0.2) is 6.04 Å². The number of likely N-dealkylation sites (tertiary alicyclic amines) is 1. The lowest BCUT2D eigenvalue weighted by Crippen LogP contribution is -3.16. The van der Waals surface area contributed by atoms with E-state index in [1.807, 2.05) is 32.0 Å². The first-order valence-corrected chi connectivity index (χ1v) is 7.81. The fourth-order valence-electron chi connectivity index (χ4n) is 3.04. The molecule has 0 unspecified atom stereocenters. The van der Waals surface area contributed by atoms with E-state index in [0.29, 0.717) is 0 Å². The van der Waals surface area contributed by atoms with Crippen molar-refractivity contribution < 1.29 is 9.69 Å². The first-order chi connectivity index (χ1) is 9.59. The van der Waals surface area contributed by atoms with Gasteiger partial charge in [0, 0.05) is 5.69 Å². The molecule has 1 heterocycles. The second-order valence-electron chi connectivity index (χ2n) is 6.05. The van der Waals surface area contributed by atoms with Crippen LogP contribution < -0.4 is 10.2 Å². The van der Waals surface area contributed by atoms with Crippen LogP contribution in [-0.4, -0.2) is 25.0 Å². The predicted molar refractivity (Wildman–Crippen MR) is 83.2 cm³/mol. The third-order valence-electron chi connectivity index (χ3n) is 4.48. The van der Waals surface area contributed by atoms with Gasteiger partial charge in [-0.1, -0.05) is 18.2 Å². The predicted octanol–water partition coefficient (Wildman–Crippen LogP) is 2.09. The molecule has 20 heavy (non-hydrogen) atoms. The summed E-state index contributed by atoms with van der Waals surface area (Å²) in [6.45, 7) is 8.41. The zero-order valence-corrected chi connectivity index (χ0v) is 13.0. The van der Waals surface area contributed by atoms with Crippen LogP contribution in [0.25, 0.3) is 0 Å². The van der Waals surface area contributed by atoms with E-state index in [4.69, 9.17) is 0 Å². The number of carbonyl (C=O) groups is 1. The number of para-hydroxylation sites is 1. The second kappa shape index (κ2) is 6.89. The first-order valence-electron chi connectivity index (χ1n) is 7.81. The standard InChI is InChI=1S/C17H26N2O/c1-13-9-8-10-14(2)16(13)18-17(20)15(3)19-11-6-4-5-7-12-19/h8-10,15H,4-7,11-12H2,1-3H3,(H,18,20)/p+1/t15-/m0/s1. The van der Waals surface area contributed by atoms with E-state index in [1.54, 1.807) is 0 Å². The topological polar surface area (TPSA) is 33.5 Å². The maximum Gasteiger partial charge on any atom is 0.282 e. The van der Waals surface area contributed by atoms with Gasteiger partial charge in [0.25, 0.3) is 5.91 Å². The molecule has 1 aliphatic rings. The van der Waals surface area contributed by atoms with Crippen LogP contribution in [0.5, 0.6) is 0 Å². The molecule has 2 N–H and O–H groups in total. The summed E-state index contributed by atoms with van der Waals surface area (Å²) in [5, 5.41) is 3.14. The molecular formula is C17H27N2O+. The van der Waals surface area contributed by atoms with Crippen LogP contribution in [0.4, 0.5) is 5.69 Å². The maximum atomic E-state index is 12.5. The molecule has 3 heteroatoms. The summed E-state index contributed by atoms with van der Waals surface area (Å²) in [4.78, 5) is 13.9. The lowest BCUT2D eigenvalue weighted by atomic mass is 10.1. The molecule has 3 nitrogen and oxygen atoms in total. The number of rotatable bonds is 3. The SMILES string of the molecule is Cc1cccc(C)c1NC(=O)[C@H](C)[NH+]1CCCCCC1. The normalized spacial score (nSPS) is 18.4. The van der Waals surface area contributed by atoms with Crippen molar-refractivity contribution in [1.29, 1.82) is 0 Å². The molecule has 110 valence electrons. The third-order valence-corrected chi connectivity index (χ3v) is 4.48. The lowest BCUT2D eigenvalue weighted by Gasteiger charge is -2.24. The average Bonchev–Trinajstić information content (AvgIpc) is 2.71. The molecule has 1 aromatic carbocycles. The van der Waals surface area contributed by atoms with Crippen LogP contribution in [0, 0.1) is 13.8 Å². The summed E-state index contributed by atoms with van der Waals surface area (Å²) in [5.41, 5.74) is 3.26. The summed E-state index contributed by atoms with van der Waals surface area (Å²) in [7, 11) is 0. The molecular weight excluding hydrogens is 248 g/mol. The summed E-state index contributed by atoms with van der Waals surface area (Å²) >= 11 is 0. The zero-order valence-electron chi connectivity index (χ0n) is 13.0. The summed E-state index contributed by atoms with van der Waals surface area (Å²) in [6, 6.07) is 6.16. The third kappa shape index (κ3) is 3.60. The van der Waals surface area contributed by atoms with Crippen LogP contribution in [-0.2, 0) is 4.79 Å². The second-order valence-corrected chi connectivity index (χ2v) is 6.05. The number of aryl methyl sites for hydroxylation is 2. The molecule has 1 saturated heterocycles. The van der Waals surface area contributed by atoms with E-state index in [0.717, 1.165) is 29.9 Å². The largest absolute Gasteiger partial charge is 0.325 e. The number of nitrogens with one attached hydrogen (secondary N) is 2. The van der Waals surface area contributed by atoms with Gasteiger partial charge < -0.3 is 10.2 Å². The van der Waals surface area contributed by atoms with Crippen LogP contribution in [0.15, 0.2) is 18.2 Å².